The number of hydrogen-bond donors (Lipinski definition) is 0. The second kappa shape index (κ2) is 6.35. The van der Waals surface area contributed by atoms with E-state index in [1.165, 1.54) is 0 Å². The van der Waals surface area contributed by atoms with Crippen LogP contribution in [0.3, 0.4) is 0 Å². The standard InChI is InChI=1S/C6H2F12O3P/c7-3(8,9)1(4(10,11)12)20-22(19)21-2(5(13,14)15)6(16,17)18/h1-2H/q+1. The van der Waals surface area contributed by atoms with Crippen molar-refractivity contribution in [1.29, 1.82) is 0 Å². The molecule has 0 heterocycles. The summed E-state index contributed by atoms with van der Waals surface area (Å²) in [6, 6.07) is 0. The highest BCUT2D eigenvalue weighted by atomic mass is 31.1. The first kappa shape index (κ1) is 21.2. The molecule has 0 unspecified atom stereocenters. The Morgan fingerprint density at radius 3 is 0.864 bits per heavy atom. The lowest BCUT2D eigenvalue weighted by molar-refractivity contribution is -0.311. The minimum atomic E-state index is -6.29. The summed E-state index contributed by atoms with van der Waals surface area (Å²) in [5.41, 5.74) is 0. The molecule has 0 aromatic rings. The van der Waals surface area contributed by atoms with E-state index in [0.29, 0.717) is 0 Å². The third-order valence-electron chi connectivity index (χ3n) is 1.57. The topological polar surface area (TPSA) is 35.5 Å². The lowest BCUT2D eigenvalue weighted by atomic mass is 10.3. The van der Waals surface area contributed by atoms with Crippen molar-refractivity contribution in [2.45, 2.75) is 36.9 Å². The summed E-state index contributed by atoms with van der Waals surface area (Å²) in [4.78, 5) is 0. The van der Waals surface area contributed by atoms with Crippen LogP contribution >= 0.6 is 8.25 Å². The van der Waals surface area contributed by atoms with Gasteiger partial charge in [-0.25, -0.2) is 0 Å². The predicted molar refractivity (Wildman–Crippen MR) is 41.6 cm³/mol. The van der Waals surface area contributed by atoms with E-state index in [2.05, 4.69) is 9.05 Å². The van der Waals surface area contributed by atoms with E-state index < -0.39 is 45.2 Å². The fraction of sp³-hybridized carbons (Fsp3) is 1.00. The van der Waals surface area contributed by atoms with Crippen LogP contribution in [0.25, 0.3) is 0 Å². The van der Waals surface area contributed by atoms with Gasteiger partial charge in [0.25, 0.3) is 0 Å². The second-order valence-electron chi connectivity index (χ2n) is 3.36. The number of hydrogen-bond acceptors (Lipinski definition) is 3. The molecule has 0 spiro atoms. The summed E-state index contributed by atoms with van der Waals surface area (Å²) in [5.74, 6) is 0. The highest BCUT2D eigenvalue weighted by Gasteiger charge is 2.66. The molecule has 22 heavy (non-hydrogen) atoms. The average Bonchev–Trinajstić information content (AvgIpc) is 2.15. The van der Waals surface area contributed by atoms with Gasteiger partial charge in [0, 0.05) is 4.57 Å². The summed E-state index contributed by atoms with van der Waals surface area (Å²) in [6.07, 6.45) is -34.9. The van der Waals surface area contributed by atoms with Gasteiger partial charge in [-0.1, -0.05) is 9.05 Å². The van der Waals surface area contributed by atoms with Crippen LogP contribution in [-0.4, -0.2) is 36.9 Å². The lowest BCUT2D eigenvalue weighted by Crippen LogP contribution is -2.45. The van der Waals surface area contributed by atoms with Crippen LogP contribution in [0.15, 0.2) is 0 Å². The maximum absolute atomic E-state index is 11.9. The van der Waals surface area contributed by atoms with Gasteiger partial charge in [0.2, 0.25) is 0 Å². The minimum Gasteiger partial charge on any atom is -0.167 e. The summed E-state index contributed by atoms with van der Waals surface area (Å²) < 4.78 is 159. The van der Waals surface area contributed by atoms with Crippen LogP contribution in [0, 0.1) is 0 Å². The van der Waals surface area contributed by atoms with E-state index in [0.717, 1.165) is 0 Å². The Morgan fingerprint density at radius 1 is 0.545 bits per heavy atom. The summed E-state index contributed by atoms with van der Waals surface area (Å²) in [6.45, 7) is 0. The van der Waals surface area contributed by atoms with E-state index in [1.807, 2.05) is 0 Å². The molecule has 0 saturated heterocycles. The van der Waals surface area contributed by atoms with Crippen molar-refractivity contribution in [1.82, 2.24) is 0 Å². The van der Waals surface area contributed by atoms with Crippen molar-refractivity contribution in [3.05, 3.63) is 0 Å². The Bertz CT molecular complexity index is 328. The van der Waals surface area contributed by atoms with Crippen molar-refractivity contribution in [3.8, 4) is 0 Å². The van der Waals surface area contributed by atoms with Gasteiger partial charge in [0.15, 0.2) is 0 Å². The molecule has 16 heteroatoms. The van der Waals surface area contributed by atoms with Gasteiger partial charge in [-0.3, -0.25) is 0 Å². The van der Waals surface area contributed by atoms with Gasteiger partial charge in [0.05, 0.1) is 0 Å². The van der Waals surface area contributed by atoms with Crippen LogP contribution in [-0.2, 0) is 13.6 Å². The molecule has 132 valence electrons. The zero-order valence-electron chi connectivity index (χ0n) is 9.36. The molecule has 0 amide bonds. The molecule has 3 nitrogen and oxygen atoms in total. The Kier molecular flexibility index (Phi) is 6.12. The monoisotopic (exact) mass is 381 g/mol. The maximum Gasteiger partial charge on any atom is 0.699 e. The molecule has 0 aliphatic rings. The summed E-state index contributed by atoms with van der Waals surface area (Å²) in [7, 11) is -5.05. The summed E-state index contributed by atoms with van der Waals surface area (Å²) in [5, 5.41) is 0. The SMILES string of the molecule is O=[P+](OC(C(F)(F)F)C(F)(F)F)OC(C(F)(F)F)C(F)(F)F. The molecular weight excluding hydrogens is 379 g/mol. The minimum absolute atomic E-state index is 2.64. The molecule has 0 saturated carbocycles. The zero-order valence-corrected chi connectivity index (χ0v) is 10.3. The van der Waals surface area contributed by atoms with Crippen LogP contribution in [0.4, 0.5) is 52.7 Å². The first-order valence-electron chi connectivity index (χ1n) is 4.44. The van der Waals surface area contributed by atoms with Crippen molar-refractivity contribution < 1.29 is 66.3 Å². The van der Waals surface area contributed by atoms with Crippen LogP contribution in [0.1, 0.15) is 0 Å². The van der Waals surface area contributed by atoms with E-state index in [9.17, 15) is 57.3 Å². The van der Waals surface area contributed by atoms with Crippen molar-refractivity contribution in [3.63, 3.8) is 0 Å². The van der Waals surface area contributed by atoms with E-state index in [4.69, 9.17) is 0 Å². The molecule has 0 radical (unpaired) electrons. The van der Waals surface area contributed by atoms with Crippen molar-refractivity contribution in [2.24, 2.45) is 0 Å². The smallest absolute Gasteiger partial charge is 0.167 e. The predicted octanol–water partition coefficient (Wildman–Crippen LogP) is 4.66. The highest BCUT2D eigenvalue weighted by molar-refractivity contribution is 7.33. The van der Waals surface area contributed by atoms with E-state index >= 15 is 0 Å². The third kappa shape index (κ3) is 6.52. The summed E-state index contributed by atoms with van der Waals surface area (Å²) >= 11 is 0. The molecular formula is C6H2F12O3P+. The fourth-order valence-corrected chi connectivity index (χ4v) is 1.68. The molecule has 0 N–H and O–H groups in total. The van der Waals surface area contributed by atoms with Gasteiger partial charge in [-0.15, -0.1) is 0 Å². The molecule has 0 fully saturated rings. The van der Waals surface area contributed by atoms with Gasteiger partial charge < -0.3 is 0 Å². The Labute approximate surface area is 113 Å². The van der Waals surface area contributed by atoms with E-state index in [1.54, 1.807) is 0 Å². The van der Waals surface area contributed by atoms with Crippen molar-refractivity contribution in [2.75, 3.05) is 0 Å². The third-order valence-corrected chi connectivity index (χ3v) is 2.34. The first-order valence-corrected chi connectivity index (χ1v) is 5.54. The Morgan fingerprint density at radius 2 is 0.727 bits per heavy atom. The Balaban J connectivity index is 5.20. The van der Waals surface area contributed by atoms with Gasteiger partial charge in [0.1, 0.15) is 0 Å². The Hall–Kier alpha value is -0.820. The second-order valence-corrected chi connectivity index (χ2v) is 4.23. The molecule has 0 aromatic carbocycles. The fourth-order valence-electron chi connectivity index (χ4n) is 0.807. The maximum atomic E-state index is 11.9. The molecule has 0 atom stereocenters. The number of halogens is 12. The normalized spacial score (nSPS) is 14.8. The number of rotatable bonds is 4. The van der Waals surface area contributed by atoms with E-state index in [-0.39, 0.29) is 0 Å². The van der Waals surface area contributed by atoms with Gasteiger partial charge in [-0.05, 0) is 0 Å². The van der Waals surface area contributed by atoms with Gasteiger partial charge >= 0.3 is 45.2 Å². The zero-order chi connectivity index (χ0) is 18.1. The van der Waals surface area contributed by atoms with Gasteiger partial charge in [-0.2, -0.15) is 52.7 Å². The highest BCUT2D eigenvalue weighted by Crippen LogP contribution is 2.46. The molecule has 0 aliphatic heterocycles. The van der Waals surface area contributed by atoms with Crippen LogP contribution < -0.4 is 0 Å². The largest absolute Gasteiger partial charge is 0.699 e. The average molecular weight is 381 g/mol. The van der Waals surface area contributed by atoms with Crippen LogP contribution in [0.2, 0.25) is 0 Å². The van der Waals surface area contributed by atoms with Crippen molar-refractivity contribution >= 4 is 8.25 Å². The molecule has 0 aliphatic carbocycles. The molecule has 0 rings (SSSR count). The molecule has 0 bridgehead atoms. The van der Waals surface area contributed by atoms with Crippen LogP contribution in [0.5, 0.6) is 0 Å². The lowest BCUT2D eigenvalue weighted by Gasteiger charge is -2.19. The quantitative estimate of drug-likeness (QED) is 0.525. The first-order chi connectivity index (χ1) is 9.37. The molecule has 0 aromatic heterocycles. The number of alkyl halides is 12.